The Labute approximate surface area is 126 Å². The Balaban J connectivity index is 2.11. The lowest BCUT2D eigenvalue weighted by molar-refractivity contribution is -0.385. The van der Waals surface area contributed by atoms with E-state index in [1.54, 1.807) is 6.92 Å². The molecule has 1 heterocycles. The molecule has 1 aromatic heterocycles. The maximum absolute atomic E-state index is 12.1. The fourth-order valence-electron chi connectivity index (χ4n) is 2.58. The zero-order valence-corrected chi connectivity index (χ0v) is 12.0. The molecule has 0 saturated carbocycles. The largest absolute Gasteiger partial charge is 0.304 e. The van der Waals surface area contributed by atoms with Gasteiger partial charge in [-0.25, -0.2) is 0 Å². The molecule has 3 aromatic rings. The number of rotatable bonds is 3. The molecule has 5 heteroatoms. The topological polar surface area (TPSA) is 65.1 Å². The zero-order chi connectivity index (χ0) is 15.7. The van der Waals surface area contributed by atoms with Gasteiger partial charge in [-0.3, -0.25) is 14.9 Å². The summed E-state index contributed by atoms with van der Waals surface area (Å²) in [6, 6.07) is 15.0. The predicted molar refractivity (Wildman–Crippen MR) is 85.1 cm³/mol. The molecule has 0 amide bonds. The van der Waals surface area contributed by atoms with E-state index < -0.39 is 4.92 Å². The SMILES string of the molecule is Cc1cc(=O)n(Cc2cccc3ccccc23)cc1[N+](=O)[O-]. The van der Waals surface area contributed by atoms with E-state index in [4.69, 9.17) is 0 Å². The molecule has 5 nitrogen and oxygen atoms in total. The lowest BCUT2D eigenvalue weighted by atomic mass is 10.0. The lowest BCUT2D eigenvalue weighted by Crippen LogP contribution is -2.20. The number of fused-ring (bicyclic) bond motifs is 1. The van der Waals surface area contributed by atoms with Crippen LogP contribution in [0.15, 0.2) is 59.5 Å². The van der Waals surface area contributed by atoms with E-state index in [1.165, 1.54) is 16.8 Å². The Morgan fingerprint density at radius 1 is 1.14 bits per heavy atom. The third-order valence-electron chi connectivity index (χ3n) is 3.72. The highest BCUT2D eigenvalue weighted by molar-refractivity contribution is 5.85. The summed E-state index contributed by atoms with van der Waals surface area (Å²) < 4.78 is 1.38. The Morgan fingerprint density at radius 2 is 1.86 bits per heavy atom. The van der Waals surface area contributed by atoms with Gasteiger partial charge in [0.1, 0.15) is 0 Å². The molecule has 0 bridgehead atoms. The Morgan fingerprint density at radius 3 is 2.64 bits per heavy atom. The van der Waals surface area contributed by atoms with Gasteiger partial charge in [0, 0.05) is 11.6 Å². The second-order valence-electron chi connectivity index (χ2n) is 5.20. The highest BCUT2D eigenvalue weighted by Gasteiger charge is 2.13. The van der Waals surface area contributed by atoms with Crippen molar-refractivity contribution in [3.05, 3.63) is 86.3 Å². The molecule has 0 aliphatic heterocycles. The first kappa shape index (κ1) is 14.0. The molecule has 0 spiro atoms. The number of aromatic nitrogens is 1. The van der Waals surface area contributed by atoms with E-state index in [9.17, 15) is 14.9 Å². The van der Waals surface area contributed by atoms with Gasteiger partial charge in [0.05, 0.1) is 17.7 Å². The average Bonchev–Trinajstić information content (AvgIpc) is 2.50. The smallest absolute Gasteiger partial charge is 0.288 e. The monoisotopic (exact) mass is 294 g/mol. The molecule has 3 rings (SSSR count). The van der Waals surface area contributed by atoms with Crippen molar-refractivity contribution in [1.82, 2.24) is 4.57 Å². The molecule has 0 unspecified atom stereocenters. The van der Waals surface area contributed by atoms with E-state index in [-0.39, 0.29) is 11.2 Å². The van der Waals surface area contributed by atoms with Crippen molar-refractivity contribution in [2.24, 2.45) is 0 Å². The van der Waals surface area contributed by atoms with E-state index in [1.807, 2.05) is 42.5 Å². The highest BCUT2D eigenvalue weighted by Crippen LogP contribution is 2.20. The van der Waals surface area contributed by atoms with Crippen molar-refractivity contribution in [2.45, 2.75) is 13.5 Å². The third kappa shape index (κ3) is 2.48. The summed E-state index contributed by atoms with van der Waals surface area (Å²) in [5.74, 6) is 0. The van der Waals surface area contributed by atoms with Crippen molar-refractivity contribution in [1.29, 1.82) is 0 Å². The number of aryl methyl sites for hydroxylation is 1. The maximum atomic E-state index is 12.1. The molecule has 0 atom stereocenters. The first-order valence-electron chi connectivity index (χ1n) is 6.88. The first-order valence-corrected chi connectivity index (χ1v) is 6.88. The highest BCUT2D eigenvalue weighted by atomic mass is 16.6. The van der Waals surface area contributed by atoms with E-state index in [0.717, 1.165) is 16.3 Å². The summed E-state index contributed by atoms with van der Waals surface area (Å²) in [5, 5.41) is 13.2. The molecule has 22 heavy (non-hydrogen) atoms. The first-order chi connectivity index (χ1) is 10.6. The maximum Gasteiger partial charge on any atom is 0.288 e. The van der Waals surface area contributed by atoms with Crippen LogP contribution >= 0.6 is 0 Å². The summed E-state index contributed by atoms with van der Waals surface area (Å²) in [6.45, 7) is 1.88. The van der Waals surface area contributed by atoms with Crippen molar-refractivity contribution in [2.75, 3.05) is 0 Å². The second kappa shape index (κ2) is 5.44. The average molecular weight is 294 g/mol. The molecular weight excluding hydrogens is 280 g/mol. The van der Waals surface area contributed by atoms with Gasteiger partial charge in [-0.15, -0.1) is 0 Å². The summed E-state index contributed by atoms with van der Waals surface area (Å²) in [7, 11) is 0. The normalized spacial score (nSPS) is 10.8. The number of nitrogens with zero attached hydrogens (tertiary/aromatic N) is 2. The zero-order valence-electron chi connectivity index (χ0n) is 12.0. The second-order valence-corrected chi connectivity index (χ2v) is 5.20. The minimum atomic E-state index is -0.464. The molecular formula is C17H14N2O3. The van der Waals surface area contributed by atoms with E-state index >= 15 is 0 Å². The Bertz CT molecular complexity index is 923. The van der Waals surface area contributed by atoms with Gasteiger partial charge < -0.3 is 4.57 Å². The van der Waals surface area contributed by atoms with E-state index in [2.05, 4.69) is 0 Å². The summed E-state index contributed by atoms with van der Waals surface area (Å²) >= 11 is 0. The van der Waals surface area contributed by atoms with Gasteiger partial charge in [-0.2, -0.15) is 0 Å². The van der Waals surface area contributed by atoms with Crippen molar-refractivity contribution in [3.63, 3.8) is 0 Å². The van der Waals surface area contributed by atoms with Crippen LogP contribution in [0.5, 0.6) is 0 Å². The van der Waals surface area contributed by atoms with Crippen LogP contribution in [-0.2, 0) is 6.54 Å². The van der Waals surface area contributed by atoms with Crippen molar-refractivity contribution >= 4 is 16.5 Å². The van der Waals surface area contributed by atoms with Gasteiger partial charge in [0.2, 0.25) is 0 Å². The van der Waals surface area contributed by atoms with Crippen LogP contribution < -0.4 is 5.56 Å². The van der Waals surface area contributed by atoms with Gasteiger partial charge in [-0.1, -0.05) is 42.5 Å². The van der Waals surface area contributed by atoms with E-state index in [0.29, 0.717) is 12.1 Å². The number of hydrogen-bond donors (Lipinski definition) is 0. The van der Waals surface area contributed by atoms with Crippen LogP contribution in [0.25, 0.3) is 10.8 Å². The third-order valence-corrected chi connectivity index (χ3v) is 3.72. The number of nitro groups is 1. The van der Waals surface area contributed by atoms with Crippen molar-refractivity contribution in [3.8, 4) is 0 Å². The standard InChI is InChI=1S/C17H14N2O3/c1-12-9-17(20)18(11-16(12)19(21)22)10-14-7-4-6-13-5-2-3-8-15(13)14/h2-9,11H,10H2,1H3. The van der Waals surface area contributed by atoms with Crippen LogP contribution in [0.2, 0.25) is 0 Å². The lowest BCUT2D eigenvalue weighted by Gasteiger charge is -2.09. The fourth-order valence-corrected chi connectivity index (χ4v) is 2.58. The van der Waals surface area contributed by atoms with Crippen LogP contribution in [0.3, 0.4) is 0 Å². The molecule has 0 aliphatic rings. The van der Waals surface area contributed by atoms with Crippen molar-refractivity contribution < 1.29 is 4.92 Å². The fraction of sp³-hybridized carbons (Fsp3) is 0.118. The van der Waals surface area contributed by atoms with Gasteiger partial charge >= 0.3 is 0 Å². The summed E-state index contributed by atoms with van der Waals surface area (Å²) in [6.07, 6.45) is 1.32. The molecule has 110 valence electrons. The molecule has 0 saturated heterocycles. The number of pyridine rings is 1. The van der Waals surface area contributed by atoms with Gasteiger partial charge in [-0.05, 0) is 23.3 Å². The molecule has 0 radical (unpaired) electrons. The van der Waals surface area contributed by atoms with Crippen LogP contribution in [0.1, 0.15) is 11.1 Å². The minimum Gasteiger partial charge on any atom is -0.304 e. The number of hydrogen-bond acceptors (Lipinski definition) is 3. The molecule has 0 N–H and O–H groups in total. The quantitative estimate of drug-likeness (QED) is 0.550. The molecule has 0 fully saturated rings. The molecule has 0 aliphatic carbocycles. The van der Waals surface area contributed by atoms with Crippen LogP contribution in [0, 0.1) is 17.0 Å². The van der Waals surface area contributed by atoms with Crippen LogP contribution in [0.4, 0.5) is 5.69 Å². The minimum absolute atomic E-state index is 0.0418. The summed E-state index contributed by atoms with van der Waals surface area (Å²) in [4.78, 5) is 22.7. The molecule has 2 aromatic carbocycles. The van der Waals surface area contributed by atoms with Gasteiger partial charge in [0.15, 0.2) is 0 Å². The Hall–Kier alpha value is -2.95. The number of benzene rings is 2. The van der Waals surface area contributed by atoms with Gasteiger partial charge in [0.25, 0.3) is 11.2 Å². The predicted octanol–water partition coefficient (Wildman–Crippen LogP) is 3.27. The van der Waals surface area contributed by atoms with Crippen LogP contribution in [-0.4, -0.2) is 9.49 Å². The summed E-state index contributed by atoms with van der Waals surface area (Å²) in [5.41, 5.74) is 1.05. The Kier molecular flexibility index (Phi) is 3.47.